The fourth-order valence-corrected chi connectivity index (χ4v) is 3.20. The van der Waals surface area contributed by atoms with E-state index in [1.165, 1.54) is 18.3 Å². The van der Waals surface area contributed by atoms with Crippen molar-refractivity contribution in [3.8, 4) is 5.75 Å². The second-order valence-corrected chi connectivity index (χ2v) is 6.73. The average Bonchev–Trinajstić information content (AvgIpc) is 3.30. The molecule has 1 N–H and O–H groups in total. The number of carbonyl (C=O) groups excluding carboxylic acids is 2. The van der Waals surface area contributed by atoms with Gasteiger partial charge in [0.2, 0.25) is 5.91 Å². The lowest BCUT2D eigenvalue weighted by Gasteiger charge is -2.11. The van der Waals surface area contributed by atoms with Crippen LogP contribution in [0, 0.1) is 0 Å². The second kappa shape index (κ2) is 8.77. The van der Waals surface area contributed by atoms with Gasteiger partial charge in [-0.1, -0.05) is 0 Å². The lowest BCUT2D eigenvalue weighted by molar-refractivity contribution is -0.114. The van der Waals surface area contributed by atoms with E-state index in [1.54, 1.807) is 29.6 Å². The Labute approximate surface area is 155 Å². The van der Waals surface area contributed by atoms with Crippen LogP contribution in [0.1, 0.15) is 35.8 Å². The maximum Gasteiger partial charge on any atom is 0.338 e. The maximum absolute atomic E-state index is 12.1. The molecule has 1 aliphatic heterocycles. The Morgan fingerprint density at radius 3 is 2.85 bits per heavy atom. The summed E-state index contributed by atoms with van der Waals surface area (Å²) in [5.74, 6) is 0.0611. The molecule has 0 spiro atoms. The number of aromatic nitrogens is 1. The molecule has 8 heteroatoms. The molecule has 7 nitrogen and oxygen atoms in total. The number of hydrogen-bond acceptors (Lipinski definition) is 7. The quantitative estimate of drug-likeness (QED) is 0.748. The summed E-state index contributed by atoms with van der Waals surface area (Å²) in [7, 11) is 0. The highest BCUT2D eigenvalue weighted by Gasteiger charge is 2.16. The van der Waals surface area contributed by atoms with Gasteiger partial charge in [0.25, 0.3) is 0 Å². The standard InChI is InChI=1S/C18H20N2O5S/c1-12(21)19-18-20-14(11-26-18)9-25-17(22)13-4-6-15(7-5-13)24-10-16-3-2-8-23-16/h4-7,11,16H,2-3,8-10H2,1H3,(H,19,20,21). The van der Waals surface area contributed by atoms with E-state index in [-0.39, 0.29) is 18.6 Å². The summed E-state index contributed by atoms with van der Waals surface area (Å²) in [6.07, 6.45) is 2.24. The highest BCUT2D eigenvalue weighted by molar-refractivity contribution is 7.13. The molecule has 0 aliphatic carbocycles. The normalized spacial score (nSPS) is 16.3. The van der Waals surface area contributed by atoms with Gasteiger partial charge in [0.15, 0.2) is 5.13 Å². The van der Waals surface area contributed by atoms with Gasteiger partial charge in [0.1, 0.15) is 19.0 Å². The Morgan fingerprint density at radius 1 is 1.35 bits per heavy atom. The van der Waals surface area contributed by atoms with Crippen LogP contribution in [-0.4, -0.2) is 36.2 Å². The van der Waals surface area contributed by atoms with Gasteiger partial charge in [-0.15, -0.1) is 11.3 Å². The Morgan fingerprint density at radius 2 is 2.15 bits per heavy atom. The first-order valence-corrected chi connectivity index (χ1v) is 9.22. The van der Waals surface area contributed by atoms with Crippen molar-refractivity contribution in [2.45, 2.75) is 32.5 Å². The minimum Gasteiger partial charge on any atom is -0.491 e. The van der Waals surface area contributed by atoms with Crippen LogP contribution >= 0.6 is 11.3 Å². The highest BCUT2D eigenvalue weighted by atomic mass is 32.1. The number of anilines is 1. The van der Waals surface area contributed by atoms with E-state index >= 15 is 0 Å². The molecule has 1 aromatic heterocycles. The molecule has 138 valence electrons. The van der Waals surface area contributed by atoms with E-state index in [0.717, 1.165) is 19.4 Å². The molecule has 1 fully saturated rings. The predicted octanol–water partition coefficient (Wildman–Crippen LogP) is 3.02. The third kappa shape index (κ3) is 5.27. The number of amides is 1. The van der Waals surface area contributed by atoms with Gasteiger partial charge < -0.3 is 19.5 Å². The topological polar surface area (TPSA) is 86.8 Å². The number of esters is 1. The number of rotatable bonds is 7. The van der Waals surface area contributed by atoms with Crippen LogP contribution in [0.3, 0.4) is 0 Å². The molecule has 1 aromatic carbocycles. The van der Waals surface area contributed by atoms with E-state index in [9.17, 15) is 9.59 Å². The fraction of sp³-hybridized carbons (Fsp3) is 0.389. The molecule has 2 heterocycles. The van der Waals surface area contributed by atoms with E-state index < -0.39 is 5.97 Å². The second-order valence-electron chi connectivity index (χ2n) is 5.87. The van der Waals surface area contributed by atoms with Gasteiger partial charge in [-0.25, -0.2) is 9.78 Å². The van der Waals surface area contributed by atoms with Crippen molar-refractivity contribution in [3.63, 3.8) is 0 Å². The monoisotopic (exact) mass is 376 g/mol. The van der Waals surface area contributed by atoms with Gasteiger partial charge in [0, 0.05) is 18.9 Å². The zero-order valence-corrected chi connectivity index (χ0v) is 15.2. The Bertz CT molecular complexity index is 753. The van der Waals surface area contributed by atoms with Crippen molar-refractivity contribution in [2.75, 3.05) is 18.5 Å². The molecule has 1 saturated heterocycles. The summed E-state index contributed by atoms with van der Waals surface area (Å²) in [5.41, 5.74) is 1.02. The zero-order chi connectivity index (χ0) is 18.4. The average molecular weight is 376 g/mol. The lowest BCUT2D eigenvalue weighted by Crippen LogP contribution is -2.16. The molecular weight excluding hydrogens is 356 g/mol. The van der Waals surface area contributed by atoms with Crippen molar-refractivity contribution in [1.82, 2.24) is 4.98 Å². The summed E-state index contributed by atoms with van der Waals surface area (Å²) >= 11 is 1.28. The number of benzene rings is 1. The van der Waals surface area contributed by atoms with Gasteiger partial charge in [-0.2, -0.15) is 0 Å². The molecular formula is C18H20N2O5S. The Kier molecular flexibility index (Phi) is 6.19. The van der Waals surface area contributed by atoms with Gasteiger partial charge in [0.05, 0.1) is 17.4 Å². The molecule has 1 unspecified atom stereocenters. The van der Waals surface area contributed by atoms with E-state index in [4.69, 9.17) is 14.2 Å². The molecule has 1 amide bonds. The summed E-state index contributed by atoms with van der Waals surface area (Å²) in [4.78, 5) is 27.2. The number of carbonyl (C=O) groups is 2. The molecule has 2 aromatic rings. The third-order valence-electron chi connectivity index (χ3n) is 3.74. The van der Waals surface area contributed by atoms with Crippen molar-refractivity contribution in [2.24, 2.45) is 0 Å². The van der Waals surface area contributed by atoms with Gasteiger partial charge in [-0.3, -0.25) is 4.79 Å². The van der Waals surface area contributed by atoms with Crippen molar-refractivity contribution in [3.05, 3.63) is 40.9 Å². The summed E-state index contributed by atoms with van der Waals surface area (Å²) in [6.45, 7) is 2.77. The van der Waals surface area contributed by atoms with Gasteiger partial charge in [-0.05, 0) is 37.1 Å². The van der Waals surface area contributed by atoms with Crippen LogP contribution < -0.4 is 10.1 Å². The third-order valence-corrected chi connectivity index (χ3v) is 4.54. The number of nitrogens with zero attached hydrogens (tertiary/aromatic N) is 1. The van der Waals surface area contributed by atoms with E-state index in [1.807, 2.05) is 0 Å². The first kappa shape index (κ1) is 18.3. The number of ether oxygens (including phenoxy) is 3. The fourth-order valence-electron chi connectivity index (χ4n) is 2.46. The molecule has 26 heavy (non-hydrogen) atoms. The smallest absolute Gasteiger partial charge is 0.338 e. The van der Waals surface area contributed by atoms with E-state index in [0.29, 0.717) is 28.7 Å². The minimum atomic E-state index is -0.440. The summed E-state index contributed by atoms with van der Waals surface area (Å²) < 4.78 is 16.4. The number of nitrogens with one attached hydrogen (secondary N) is 1. The van der Waals surface area contributed by atoms with Gasteiger partial charge >= 0.3 is 5.97 Å². The zero-order valence-electron chi connectivity index (χ0n) is 14.4. The first-order chi connectivity index (χ1) is 12.6. The summed E-state index contributed by atoms with van der Waals surface area (Å²) in [6, 6.07) is 6.81. The highest BCUT2D eigenvalue weighted by Crippen LogP contribution is 2.18. The predicted molar refractivity (Wildman–Crippen MR) is 96.4 cm³/mol. The molecule has 0 saturated carbocycles. The van der Waals surface area contributed by atoms with Crippen LogP contribution in [0.4, 0.5) is 5.13 Å². The summed E-state index contributed by atoms with van der Waals surface area (Å²) in [5, 5.41) is 4.81. The number of hydrogen-bond donors (Lipinski definition) is 1. The largest absolute Gasteiger partial charge is 0.491 e. The van der Waals surface area contributed by atoms with Crippen molar-refractivity contribution in [1.29, 1.82) is 0 Å². The van der Waals surface area contributed by atoms with Crippen LogP contribution in [0.2, 0.25) is 0 Å². The van der Waals surface area contributed by atoms with Crippen LogP contribution in [0.5, 0.6) is 5.75 Å². The Hall–Kier alpha value is -2.45. The van der Waals surface area contributed by atoms with Crippen LogP contribution in [0.25, 0.3) is 0 Å². The lowest BCUT2D eigenvalue weighted by atomic mass is 10.2. The molecule has 1 atom stereocenters. The van der Waals surface area contributed by atoms with Crippen LogP contribution in [0.15, 0.2) is 29.6 Å². The first-order valence-electron chi connectivity index (χ1n) is 8.34. The number of thiazole rings is 1. The molecule has 0 radical (unpaired) electrons. The van der Waals surface area contributed by atoms with Crippen LogP contribution in [-0.2, 0) is 20.9 Å². The molecule has 1 aliphatic rings. The molecule has 3 rings (SSSR count). The maximum atomic E-state index is 12.1. The minimum absolute atomic E-state index is 0.0478. The Balaban J connectivity index is 1.46. The van der Waals surface area contributed by atoms with Crippen molar-refractivity contribution < 1.29 is 23.8 Å². The van der Waals surface area contributed by atoms with E-state index in [2.05, 4.69) is 10.3 Å². The SMILES string of the molecule is CC(=O)Nc1nc(COC(=O)c2ccc(OCC3CCCO3)cc2)cs1. The molecule has 0 bridgehead atoms. The van der Waals surface area contributed by atoms with Crippen molar-refractivity contribution >= 4 is 28.3 Å².